The fourth-order valence-corrected chi connectivity index (χ4v) is 2.27. The second-order valence-corrected chi connectivity index (χ2v) is 4.71. The van der Waals surface area contributed by atoms with E-state index in [-0.39, 0.29) is 0 Å². The van der Waals surface area contributed by atoms with E-state index < -0.39 is 60.8 Å². The molecule has 2 rings (SSSR count). The zero-order chi connectivity index (χ0) is 18.1. The van der Waals surface area contributed by atoms with Gasteiger partial charge in [-0.15, -0.1) is 0 Å². The zero-order valence-electron chi connectivity index (χ0n) is 12.0. The summed E-state index contributed by atoms with van der Waals surface area (Å²) in [5.74, 6) is -1.05. The van der Waals surface area contributed by atoms with Gasteiger partial charge in [-0.3, -0.25) is 4.79 Å². The number of urea groups is 1. The predicted molar refractivity (Wildman–Crippen MR) is 72.1 cm³/mol. The van der Waals surface area contributed by atoms with Crippen molar-refractivity contribution >= 4 is 17.6 Å². The van der Waals surface area contributed by atoms with E-state index >= 15 is 0 Å². The van der Waals surface area contributed by atoms with Crippen molar-refractivity contribution in [2.24, 2.45) is 0 Å². The third-order valence-corrected chi connectivity index (χ3v) is 3.34. The first-order valence-corrected chi connectivity index (χ1v) is 6.56. The van der Waals surface area contributed by atoms with Crippen LogP contribution in [0.25, 0.3) is 0 Å². The summed E-state index contributed by atoms with van der Waals surface area (Å²) in [6.07, 6.45) is -4.87. The van der Waals surface area contributed by atoms with Crippen LogP contribution >= 0.6 is 0 Å². The van der Waals surface area contributed by atoms with E-state index in [0.717, 1.165) is 12.1 Å². The minimum Gasteiger partial charge on any atom is -0.393 e. The highest BCUT2D eigenvalue weighted by molar-refractivity contribution is 6.25. The van der Waals surface area contributed by atoms with E-state index in [2.05, 4.69) is 0 Å². The van der Waals surface area contributed by atoms with Gasteiger partial charge in [-0.05, 0) is 18.2 Å². The Morgan fingerprint density at radius 2 is 1.92 bits per heavy atom. The van der Waals surface area contributed by atoms with E-state index in [1.165, 1.54) is 6.07 Å². The highest BCUT2D eigenvalue weighted by Gasteiger charge is 2.47. The maximum absolute atomic E-state index is 13.0. The number of carbonyl (C=O) groups excluding carboxylic acids is 2. The molecule has 1 saturated heterocycles. The molecule has 1 aliphatic rings. The standard InChI is InChI=1S/C14H10F4N3O3/c15-3-4-20-11(7-22)12(23)21(13(20)24)9-2-1-8(6-19)10(5-9)14(16,17)18/h1-2,5,22H,3-4,7H2. The maximum atomic E-state index is 13.0. The molecule has 0 aromatic heterocycles. The first-order chi connectivity index (χ1) is 11.3. The molecule has 1 heterocycles. The average molecular weight is 344 g/mol. The van der Waals surface area contributed by atoms with Gasteiger partial charge in [0.15, 0.2) is 6.04 Å². The monoisotopic (exact) mass is 344 g/mol. The number of hydrogen-bond donors (Lipinski definition) is 1. The Morgan fingerprint density at radius 1 is 1.25 bits per heavy atom. The normalized spacial score (nSPS) is 16.0. The van der Waals surface area contributed by atoms with Crippen molar-refractivity contribution in [2.45, 2.75) is 6.18 Å². The summed E-state index contributed by atoms with van der Waals surface area (Å²) in [5.41, 5.74) is -2.40. The number of alkyl halides is 4. The second-order valence-electron chi connectivity index (χ2n) is 4.71. The fourth-order valence-electron chi connectivity index (χ4n) is 2.27. The van der Waals surface area contributed by atoms with Crippen molar-refractivity contribution in [3.8, 4) is 6.07 Å². The van der Waals surface area contributed by atoms with Crippen molar-refractivity contribution in [3.63, 3.8) is 0 Å². The molecule has 0 saturated carbocycles. The quantitative estimate of drug-likeness (QED) is 0.667. The number of anilines is 1. The third kappa shape index (κ3) is 2.90. The van der Waals surface area contributed by atoms with Gasteiger partial charge in [-0.2, -0.15) is 18.4 Å². The van der Waals surface area contributed by atoms with Gasteiger partial charge in [0.2, 0.25) is 0 Å². The number of rotatable bonds is 4. The van der Waals surface area contributed by atoms with Crippen LogP contribution in [0, 0.1) is 17.4 Å². The summed E-state index contributed by atoms with van der Waals surface area (Å²) < 4.78 is 51.5. The molecule has 1 radical (unpaired) electrons. The van der Waals surface area contributed by atoms with Crippen LogP contribution in [0.15, 0.2) is 18.2 Å². The van der Waals surface area contributed by atoms with Gasteiger partial charge in [-0.1, -0.05) is 0 Å². The summed E-state index contributed by atoms with van der Waals surface area (Å²) in [5, 5.41) is 17.9. The van der Waals surface area contributed by atoms with Crippen LogP contribution in [0.4, 0.5) is 28.0 Å². The summed E-state index contributed by atoms with van der Waals surface area (Å²) in [6, 6.07) is 2.19. The van der Waals surface area contributed by atoms with E-state index in [1.807, 2.05) is 0 Å². The first-order valence-electron chi connectivity index (χ1n) is 6.56. The van der Waals surface area contributed by atoms with Crippen molar-refractivity contribution in [1.82, 2.24) is 4.90 Å². The van der Waals surface area contributed by atoms with Crippen molar-refractivity contribution < 1.29 is 32.3 Å². The van der Waals surface area contributed by atoms with E-state index in [9.17, 15) is 27.2 Å². The van der Waals surface area contributed by atoms with Gasteiger partial charge in [-0.25, -0.2) is 14.1 Å². The maximum Gasteiger partial charge on any atom is 0.417 e. The topological polar surface area (TPSA) is 84.6 Å². The summed E-state index contributed by atoms with van der Waals surface area (Å²) >= 11 is 0. The second kappa shape index (κ2) is 6.45. The number of hydrogen-bond acceptors (Lipinski definition) is 4. The van der Waals surface area contributed by atoms with Crippen molar-refractivity contribution in [1.29, 1.82) is 5.26 Å². The minimum atomic E-state index is -4.87. The van der Waals surface area contributed by atoms with Gasteiger partial charge < -0.3 is 10.0 Å². The lowest BCUT2D eigenvalue weighted by atomic mass is 10.1. The zero-order valence-corrected chi connectivity index (χ0v) is 12.0. The molecular weight excluding hydrogens is 334 g/mol. The largest absolute Gasteiger partial charge is 0.417 e. The van der Waals surface area contributed by atoms with Gasteiger partial charge in [0.25, 0.3) is 5.91 Å². The fraction of sp³-hybridized carbons (Fsp3) is 0.286. The number of aliphatic hydroxyl groups is 1. The SMILES string of the molecule is N#Cc1ccc(N2C(=O)[C](CO)N(CCF)C2=O)cc1C(F)(F)F. The number of aliphatic hydroxyl groups excluding tert-OH is 1. The summed E-state index contributed by atoms with van der Waals surface area (Å²) in [6.45, 7) is -2.39. The molecule has 0 bridgehead atoms. The Kier molecular flexibility index (Phi) is 4.75. The van der Waals surface area contributed by atoms with E-state index in [4.69, 9.17) is 10.4 Å². The number of halogens is 4. The number of imide groups is 1. The van der Waals surface area contributed by atoms with Gasteiger partial charge >= 0.3 is 12.2 Å². The number of benzene rings is 1. The molecule has 1 N–H and O–H groups in total. The number of nitriles is 1. The molecule has 127 valence electrons. The van der Waals surface area contributed by atoms with Gasteiger partial charge in [0.05, 0.1) is 36.0 Å². The lowest BCUT2D eigenvalue weighted by Gasteiger charge is -2.18. The van der Waals surface area contributed by atoms with Crippen LogP contribution in [-0.4, -0.2) is 41.8 Å². The van der Waals surface area contributed by atoms with E-state index in [0.29, 0.717) is 15.9 Å². The molecule has 10 heteroatoms. The Hall–Kier alpha value is -2.67. The highest BCUT2D eigenvalue weighted by Crippen LogP contribution is 2.36. The number of amides is 3. The summed E-state index contributed by atoms with van der Waals surface area (Å²) in [7, 11) is 0. The third-order valence-electron chi connectivity index (χ3n) is 3.34. The van der Waals surface area contributed by atoms with Crippen LogP contribution < -0.4 is 4.90 Å². The molecule has 0 atom stereocenters. The lowest BCUT2D eigenvalue weighted by Crippen LogP contribution is -2.34. The molecule has 0 aliphatic carbocycles. The molecule has 24 heavy (non-hydrogen) atoms. The van der Waals surface area contributed by atoms with Gasteiger partial charge in [0, 0.05) is 0 Å². The molecule has 1 aromatic rings. The highest BCUT2D eigenvalue weighted by atomic mass is 19.4. The van der Waals surface area contributed by atoms with Crippen molar-refractivity contribution in [3.05, 3.63) is 35.4 Å². The molecule has 3 amide bonds. The average Bonchev–Trinajstić information content (AvgIpc) is 2.76. The molecule has 6 nitrogen and oxygen atoms in total. The smallest absolute Gasteiger partial charge is 0.393 e. The lowest BCUT2D eigenvalue weighted by molar-refractivity contribution is -0.137. The van der Waals surface area contributed by atoms with Crippen LogP contribution in [0.1, 0.15) is 11.1 Å². The Labute approximate surface area is 133 Å². The minimum absolute atomic E-state index is 0.400. The van der Waals surface area contributed by atoms with Gasteiger partial charge in [0.1, 0.15) is 6.67 Å². The number of carbonyl (C=O) groups is 2. The molecule has 0 unspecified atom stereocenters. The van der Waals surface area contributed by atoms with Crippen LogP contribution in [-0.2, 0) is 11.0 Å². The molecular formula is C14H10F4N3O3. The molecule has 1 aliphatic heterocycles. The van der Waals surface area contributed by atoms with Crippen LogP contribution in [0.5, 0.6) is 0 Å². The van der Waals surface area contributed by atoms with Crippen LogP contribution in [0.2, 0.25) is 0 Å². The molecule has 0 spiro atoms. The molecule has 1 aromatic carbocycles. The van der Waals surface area contributed by atoms with Crippen LogP contribution in [0.3, 0.4) is 0 Å². The molecule has 1 fully saturated rings. The Morgan fingerprint density at radius 3 is 2.42 bits per heavy atom. The Balaban J connectivity index is 2.50. The predicted octanol–water partition coefficient (Wildman–Crippen LogP) is 1.84. The first kappa shape index (κ1) is 17.7. The Bertz CT molecular complexity index is 714. The summed E-state index contributed by atoms with van der Waals surface area (Å²) in [4.78, 5) is 25.4. The van der Waals surface area contributed by atoms with Crippen molar-refractivity contribution in [2.75, 3.05) is 24.7 Å². The number of nitrogens with zero attached hydrogens (tertiary/aromatic N) is 3. The van der Waals surface area contributed by atoms with E-state index in [1.54, 1.807) is 0 Å².